The lowest BCUT2D eigenvalue weighted by Gasteiger charge is -2.25. The van der Waals surface area contributed by atoms with Crippen molar-refractivity contribution in [2.24, 2.45) is 0 Å². The number of aryl methyl sites for hydroxylation is 1. The van der Waals surface area contributed by atoms with Gasteiger partial charge < -0.3 is 15.5 Å². The van der Waals surface area contributed by atoms with E-state index < -0.39 is 11.8 Å². The summed E-state index contributed by atoms with van der Waals surface area (Å²) in [6.07, 6.45) is 2.37. The van der Waals surface area contributed by atoms with Crippen LogP contribution in [0.25, 0.3) is 0 Å². The topological polar surface area (TPSA) is 78.5 Å². The van der Waals surface area contributed by atoms with Crippen LogP contribution in [0.5, 0.6) is 0 Å². The van der Waals surface area contributed by atoms with Gasteiger partial charge in [0.2, 0.25) is 5.91 Å². The van der Waals surface area contributed by atoms with Gasteiger partial charge in [0.15, 0.2) is 0 Å². The second-order valence-electron chi connectivity index (χ2n) is 7.02. The molecule has 4 rings (SSSR count). The van der Waals surface area contributed by atoms with Crippen molar-refractivity contribution in [1.29, 1.82) is 0 Å². The molecule has 2 aromatic carbocycles. The summed E-state index contributed by atoms with van der Waals surface area (Å²) in [6.45, 7) is 0.951. The Bertz CT molecular complexity index is 956. The van der Waals surface area contributed by atoms with Gasteiger partial charge in [-0.3, -0.25) is 14.4 Å². The summed E-state index contributed by atoms with van der Waals surface area (Å²) in [5.41, 5.74) is 4.47. The predicted molar refractivity (Wildman–Crippen MR) is 103 cm³/mol. The van der Waals surface area contributed by atoms with E-state index in [1.807, 2.05) is 17.0 Å². The molecule has 2 aliphatic heterocycles. The van der Waals surface area contributed by atoms with Gasteiger partial charge in [-0.1, -0.05) is 12.1 Å². The molecule has 2 aromatic rings. The number of nitrogens with one attached hydrogen (secondary N) is 2. The van der Waals surface area contributed by atoms with E-state index in [1.54, 1.807) is 12.1 Å². The SMILES string of the molecule is O=C(NCCc1ccc(F)cc1)C(=O)Nc1cc2c3c(c1)CCN3C(=O)CC2. The zero-order valence-electron chi connectivity index (χ0n) is 15.3. The average molecular weight is 381 g/mol. The number of hydrogen-bond acceptors (Lipinski definition) is 3. The van der Waals surface area contributed by atoms with Gasteiger partial charge in [0, 0.05) is 25.2 Å². The summed E-state index contributed by atoms with van der Waals surface area (Å²) in [5, 5.41) is 5.22. The molecule has 0 bridgehead atoms. The second kappa shape index (κ2) is 7.42. The Morgan fingerprint density at radius 2 is 1.71 bits per heavy atom. The minimum atomic E-state index is -0.729. The minimum absolute atomic E-state index is 0.142. The lowest BCUT2D eigenvalue weighted by molar-refractivity contribution is -0.136. The highest BCUT2D eigenvalue weighted by Gasteiger charge is 2.31. The Kier molecular flexibility index (Phi) is 4.81. The van der Waals surface area contributed by atoms with Crippen LogP contribution < -0.4 is 15.5 Å². The number of amides is 3. The summed E-state index contributed by atoms with van der Waals surface area (Å²) in [5.74, 6) is -1.61. The quantitative estimate of drug-likeness (QED) is 0.795. The summed E-state index contributed by atoms with van der Waals surface area (Å²) < 4.78 is 12.9. The number of benzene rings is 2. The predicted octanol–water partition coefficient (Wildman–Crippen LogP) is 1.96. The lowest BCUT2D eigenvalue weighted by Crippen LogP contribution is -2.36. The number of anilines is 2. The van der Waals surface area contributed by atoms with Crippen LogP contribution in [0.3, 0.4) is 0 Å². The highest BCUT2D eigenvalue weighted by atomic mass is 19.1. The lowest BCUT2D eigenvalue weighted by atomic mass is 9.98. The number of carbonyl (C=O) groups excluding carboxylic acids is 3. The van der Waals surface area contributed by atoms with Crippen molar-refractivity contribution in [3.8, 4) is 0 Å². The van der Waals surface area contributed by atoms with Gasteiger partial charge >= 0.3 is 11.8 Å². The van der Waals surface area contributed by atoms with Crippen LogP contribution in [0.2, 0.25) is 0 Å². The summed E-state index contributed by atoms with van der Waals surface area (Å²) in [4.78, 5) is 38.0. The molecule has 0 saturated carbocycles. The smallest absolute Gasteiger partial charge is 0.313 e. The Morgan fingerprint density at radius 3 is 2.46 bits per heavy atom. The van der Waals surface area contributed by atoms with E-state index in [0.29, 0.717) is 31.5 Å². The van der Waals surface area contributed by atoms with Gasteiger partial charge in [0.1, 0.15) is 5.82 Å². The zero-order valence-corrected chi connectivity index (χ0v) is 15.3. The van der Waals surface area contributed by atoms with Crippen molar-refractivity contribution in [2.75, 3.05) is 23.3 Å². The van der Waals surface area contributed by atoms with E-state index in [-0.39, 0.29) is 18.3 Å². The third-order valence-corrected chi connectivity index (χ3v) is 5.13. The minimum Gasteiger partial charge on any atom is -0.347 e. The molecule has 144 valence electrons. The third kappa shape index (κ3) is 3.60. The van der Waals surface area contributed by atoms with Crippen LogP contribution in [0.4, 0.5) is 15.8 Å². The van der Waals surface area contributed by atoms with Crippen molar-refractivity contribution < 1.29 is 18.8 Å². The molecule has 0 radical (unpaired) electrons. The Hall–Kier alpha value is -3.22. The van der Waals surface area contributed by atoms with E-state index in [0.717, 1.165) is 28.8 Å². The fourth-order valence-electron chi connectivity index (χ4n) is 3.77. The van der Waals surface area contributed by atoms with Crippen molar-refractivity contribution in [3.63, 3.8) is 0 Å². The highest BCUT2D eigenvalue weighted by Crippen LogP contribution is 2.38. The van der Waals surface area contributed by atoms with E-state index in [2.05, 4.69) is 10.6 Å². The molecule has 6 nitrogen and oxygen atoms in total. The van der Waals surface area contributed by atoms with E-state index in [4.69, 9.17) is 0 Å². The Morgan fingerprint density at radius 1 is 1.00 bits per heavy atom. The number of rotatable bonds is 4. The molecule has 0 aromatic heterocycles. The zero-order chi connectivity index (χ0) is 19.7. The monoisotopic (exact) mass is 381 g/mol. The van der Waals surface area contributed by atoms with Crippen LogP contribution in [0.1, 0.15) is 23.1 Å². The molecule has 3 amide bonds. The molecule has 7 heteroatoms. The van der Waals surface area contributed by atoms with Gasteiger partial charge in [0.05, 0.1) is 5.69 Å². The molecule has 28 heavy (non-hydrogen) atoms. The van der Waals surface area contributed by atoms with E-state index in [1.165, 1.54) is 12.1 Å². The largest absolute Gasteiger partial charge is 0.347 e. The molecule has 0 atom stereocenters. The fourth-order valence-corrected chi connectivity index (χ4v) is 3.77. The maximum absolute atomic E-state index is 12.9. The van der Waals surface area contributed by atoms with Crippen LogP contribution in [-0.2, 0) is 33.6 Å². The molecule has 2 N–H and O–H groups in total. The molecule has 0 saturated heterocycles. The van der Waals surface area contributed by atoms with Gasteiger partial charge in [0.25, 0.3) is 0 Å². The molecule has 0 unspecified atom stereocenters. The Labute approximate surface area is 161 Å². The first-order valence-electron chi connectivity index (χ1n) is 9.31. The Balaban J connectivity index is 1.35. The normalized spacial score (nSPS) is 14.6. The standard InChI is InChI=1S/C21H20FN3O3/c22-16-4-1-13(2-5-16)7-9-23-20(27)21(28)24-17-11-14-3-6-18(26)25-10-8-15(12-17)19(14)25/h1-2,4-5,11-12H,3,6-10H2,(H,23,27)(H,24,28). The molecule has 0 spiro atoms. The van der Waals surface area contributed by atoms with Crippen LogP contribution >= 0.6 is 0 Å². The van der Waals surface area contributed by atoms with Crippen molar-refractivity contribution in [3.05, 3.63) is 58.9 Å². The first kappa shape index (κ1) is 18.2. The van der Waals surface area contributed by atoms with Gasteiger partial charge in [-0.2, -0.15) is 0 Å². The van der Waals surface area contributed by atoms with Crippen LogP contribution in [0, 0.1) is 5.82 Å². The number of hydrogen-bond donors (Lipinski definition) is 2. The second-order valence-corrected chi connectivity index (χ2v) is 7.02. The molecular weight excluding hydrogens is 361 g/mol. The molecular formula is C21H20FN3O3. The van der Waals surface area contributed by atoms with Crippen molar-refractivity contribution >= 4 is 29.1 Å². The van der Waals surface area contributed by atoms with Gasteiger partial charge in [-0.05, 0) is 60.2 Å². The molecule has 2 aliphatic rings. The first-order chi connectivity index (χ1) is 13.5. The van der Waals surface area contributed by atoms with Gasteiger partial charge in [-0.15, -0.1) is 0 Å². The highest BCUT2D eigenvalue weighted by molar-refractivity contribution is 6.39. The van der Waals surface area contributed by atoms with E-state index in [9.17, 15) is 18.8 Å². The fraction of sp³-hybridized carbons (Fsp3) is 0.286. The number of nitrogens with zero attached hydrogens (tertiary/aromatic N) is 1. The van der Waals surface area contributed by atoms with Gasteiger partial charge in [-0.25, -0.2) is 4.39 Å². The number of halogens is 1. The van der Waals surface area contributed by atoms with Crippen molar-refractivity contribution in [1.82, 2.24) is 5.32 Å². The molecule has 0 aliphatic carbocycles. The summed E-state index contributed by atoms with van der Waals surface area (Å²) >= 11 is 0. The van der Waals surface area contributed by atoms with Crippen LogP contribution in [0.15, 0.2) is 36.4 Å². The summed E-state index contributed by atoms with van der Waals surface area (Å²) in [7, 11) is 0. The summed E-state index contributed by atoms with van der Waals surface area (Å²) in [6, 6.07) is 9.68. The van der Waals surface area contributed by atoms with Crippen molar-refractivity contribution in [2.45, 2.75) is 25.7 Å². The molecule has 2 heterocycles. The maximum Gasteiger partial charge on any atom is 0.313 e. The molecule has 0 fully saturated rings. The number of carbonyl (C=O) groups is 3. The third-order valence-electron chi connectivity index (χ3n) is 5.13. The maximum atomic E-state index is 12.9. The first-order valence-corrected chi connectivity index (χ1v) is 9.31. The van der Waals surface area contributed by atoms with E-state index >= 15 is 0 Å². The van der Waals surface area contributed by atoms with Crippen LogP contribution in [-0.4, -0.2) is 30.8 Å². The average Bonchev–Trinajstić information content (AvgIpc) is 3.11.